The van der Waals surface area contributed by atoms with Gasteiger partial charge in [0.2, 0.25) is 5.82 Å². The van der Waals surface area contributed by atoms with E-state index in [0.717, 1.165) is 17.4 Å². The Balaban J connectivity index is 1.94. The van der Waals surface area contributed by atoms with Gasteiger partial charge in [-0.15, -0.1) is 0 Å². The third kappa shape index (κ3) is 4.11. The highest BCUT2D eigenvalue weighted by atomic mass is 19.4. The molecule has 3 rings (SSSR count). The van der Waals surface area contributed by atoms with Crippen molar-refractivity contribution in [3.63, 3.8) is 0 Å². The van der Waals surface area contributed by atoms with Crippen LogP contribution in [-0.4, -0.2) is 38.5 Å². The van der Waals surface area contributed by atoms with E-state index >= 15 is 0 Å². The third-order valence-electron chi connectivity index (χ3n) is 4.87. The Hall–Kier alpha value is -2.06. The summed E-state index contributed by atoms with van der Waals surface area (Å²) in [4.78, 5) is 30.1. The summed E-state index contributed by atoms with van der Waals surface area (Å²) in [6.45, 7) is 5.03. The van der Waals surface area contributed by atoms with E-state index in [1.165, 1.54) is 4.90 Å². The molecule has 0 spiro atoms. The first-order chi connectivity index (χ1) is 12.5. The minimum absolute atomic E-state index is 0.0679. The number of rotatable bonds is 2. The van der Waals surface area contributed by atoms with Crippen LogP contribution < -0.4 is 0 Å². The number of hydrogen-bond donors (Lipinski definition) is 0. The molecular weight excluding hydrogens is 363 g/mol. The maximum absolute atomic E-state index is 13.4. The topological polar surface area (TPSA) is 64.4 Å². The molecule has 150 valence electrons. The van der Waals surface area contributed by atoms with Gasteiger partial charge >= 0.3 is 12.3 Å². The fourth-order valence-corrected chi connectivity index (χ4v) is 3.65. The Bertz CT molecular complexity index is 744. The van der Waals surface area contributed by atoms with E-state index in [-0.39, 0.29) is 42.7 Å². The van der Waals surface area contributed by atoms with Crippen molar-refractivity contribution in [2.75, 3.05) is 6.54 Å². The molecular formula is C18H24F3N3O3. The fraction of sp³-hybridized carbons (Fsp3) is 0.722. The summed E-state index contributed by atoms with van der Waals surface area (Å²) in [7, 11) is 0. The van der Waals surface area contributed by atoms with Gasteiger partial charge in [-0.3, -0.25) is 4.79 Å². The number of halogens is 3. The average Bonchev–Trinajstić information content (AvgIpc) is 3.19. The molecule has 1 amide bonds. The van der Waals surface area contributed by atoms with Gasteiger partial charge in [-0.2, -0.15) is 13.2 Å². The van der Waals surface area contributed by atoms with E-state index in [1.54, 1.807) is 20.8 Å². The minimum atomic E-state index is -4.66. The van der Waals surface area contributed by atoms with Crippen LogP contribution in [0.25, 0.3) is 0 Å². The molecule has 6 nitrogen and oxygen atoms in total. The van der Waals surface area contributed by atoms with Crippen molar-refractivity contribution in [1.82, 2.24) is 14.5 Å². The number of Topliss-reactive ketones (excluding diaryl/α,β-unsaturated/α-hetero) is 1. The van der Waals surface area contributed by atoms with Gasteiger partial charge in [0.15, 0.2) is 5.78 Å². The summed E-state index contributed by atoms with van der Waals surface area (Å²) in [5.74, 6) is -1.71. The summed E-state index contributed by atoms with van der Waals surface area (Å²) in [5.41, 5.74) is -0.715. The van der Waals surface area contributed by atoms with Crippen LogP contribution in [0.3, 0.4) is 0 Å². The number of amides is 1. The molecule has 1 saturated carbocycles. The zero-order chi connectivity index (χ0) is 20.0. The molecule has 0 saturated heterocycles. The number of aromatic nitrogens is 2. The molecule has 1 aromatic rings. The largest absolute Gasteiger partial charge is 0.449 e. The molecule has 0 N–H and O–H groups in total. The second-order valence-electron chi connectivity index (χ2n) is 8.13. The van der Waals surface area contributed by atoms with E-state index in [1.807, 2.05) is 0 Å². The van der Waals surface area contributed by atoms with Crippen LogP contribution in [0.5, 0.6) is 0 Å². The van der Waals surface area contributed by atoms with Crippen molar-refractivity contribution in [2.45, 2.75) is 71.3 Å². The second-order valence-corrected chi connectivity index (χ2v) is 8.13. The van der Waals surface area contributed by atoms with E-state index in [2.05, 4.69) is 4.98 Å². The lowest BCUT2D eigenvalue weighted by atomic mass is 9.98. The number of carbonyl (C=O) groups is 2. The van der Waals surface area contributed by atoms with Crippen molar-refractivity contribution in [3.05, 3.63) is 17.2 Å². The molecule has 0 radical (unpaired) electrons. The summed E-state index contributed by atoms with van der Waals surface area (Å²) >= 11 is 0. The monoisotopic (exact) mass is 387 g/mol. The number of nitrogens with zero attached hydrogens (tertiary/aromatic N) is 3. The van der Waals surface area contributed by atoms with Gasteiger partial charge in [0.05, 0.1) is 12.2 Å². The van der Waals surface area contributed by atoms with Crippen LogP contribution in [0.2, 0.25) is 0 Å². The van der Waals surface area contributed by atoms with E-state index in [4.69, 9.17) is 4.74 Å². The summed E-state index contributed by atoms with van der Waals surface area (Å²) in [6.07, 6.45) is -2.14. The molecule has 0 aromatic carbocycles. The molecule has 1 aromatic heterocycles. The van der Waals surface area contributed by atoms with Gasteiger partial charge in [0.25, 0.3) is 0 Å². The zero-order valence-electron chi connectivity index (χ0n) is 15.7. The number of ketones is 1. The van der Waals surface area contributed by atoms with Gasteiger partial charge < -0.3 is 14.2 Å². The van der Waals surface area contributed by atoms with Crippen LogP contribution >= 0.6 is 0 Å². The Morgan fingerprint density at radius 3 is 2.30 bits per heavy atom. The number of ether oxygens (including phenoxy) is 1. The minimum Gasteiger partial charge on any atom is -0.444 e. The van der Waals surface area contributed by atoms with Crippen molar-refractivity contribution in [1.29, 1.82) is 0 Å². The van der Waals surface area contributed by atoms with Crippen molar-refractivity contribution < 1.29 is 27.5 Å². The van der Waals surface area contributed by atoms with Crippen molar-refractivity contribution in [2.24, 2.45) is 5.92 Å². The molecule has 2 heterocycles. The van der Waals surface area contributed by atoms with E-state index < -0.39 is 23.7 Å². The fourth-order valence-electron chi connectivity index (χ4n) is 3.65. The quantitative estimate of drug-likeness (QED) is 0.719. The van der Waals surface area contributed by atoms with Gasteiger partial charge in [-0.1, -0.05) is 12.8 Å². The number of carbonyl (C=O) groups excluding carboxylic acids is 2. The van der Waals surface area contributed by atoms with Gasteiger partial charge in [-0.05, 0) is 33.6 Å². The summed E-state index contributed by atoms with van der Waals surface area (Å²) in [6, 6.07) is 0. The Morgan fingerprint density at radius 1 is 1.11 bits per heavy atom. The first-order valence-electron chi connectivity index (χ1n) is 9.16. The number of alkyl halides is 3. The second kappa shape index (κ2) is 6.83. The SMILES string of the molecule is CC(C)(C)OC(=O)N1CCn2c(C(F)(F)F)nc(C(=O)C3CCCC3)c2C1. The standard InChI is InChI=1S/C18H24F3N3O3/c1-17(2,3)27-16(26)23-8-9-24-12(10-23)13(22-15(24)18(19,20)21)14(25)11-6-4-5-7-11/h11H,4-10H2,1-3H3. The summed E-state index contributed by atoms with van der Waals surface area (Å²) in [5, 5.41) is 0. The molecule has 1 aliphatic heterocycles. The highest BCUT2D eigenvalue weighted by molar-refractivity contribution is 5.97. The number of hydrogen-bond acceptors (Lipinski definition) is 4. The normalized spacial score (nSPS) is 18.5. The molecule has 1 aliphatic carbocycles. The van der Waals surface area contributed by atoms with Crippen LogP contribution in [0.1, 0.15) is 68.5 Å². The third-order valence-corrected chi connectivity index (χ3v) is 4.87. The predicted octanol–water partition coefficient (Wildman–Crippen LogP) is 4.03. The lowest BCUT2D eigenvalue weighted by Crippen LogP contribution is -2.42. The number of imidazole rings is 1. The zero-order valence-corrected chi connectivity index (χ0v) is 15.7. The van der Waals surface area contributed by atoms with Gasteiger partial charge in [-0.25, -0.2) is 9.78 Å². The molecule has 0 atom stereocenters. The lowest BCUT2D eigenvalue weighted by molar-refractivity contribution is -0.147. The highest BCUT2D eigenvalue weighted by Crippen LogP contribution is 2.35. The molecule has 0 unspecified atom stereocenters. The first kappa shape index (κ1) is 19.7. The summed E-state index contributed by atoms with van der Waals surface area (Å²) < 4.78 is 46.6. The maximum atomic E-state index is 13.4. The van der Waals surface area contributed by atoms with E-state index in [9.17, 15) is 22.8 Å². The van der Waals surface area contributed by atoms with E-state index in [0.29, 0.717) is 12.8 Å². The van der Waals surface area contributed by atoms with Crippen molar-refractivity contribution >= 4 is 11.9 Å². The Morgan fingerprint density at radius 2 is 1.74 bits per heavy atom. The van der Waals surface area contributed by atoms with Crippen LogP contribution in [0, 0.1) is 5.92 Å². The van der Waals surface area contributed by atoms with Crippen LogP contribution in [0.4, 0.5) is 18.0 Å². The lowest BCUT2D eigenvalue weighted by Gasteiger charge is -2.31. The predicted molar refractivity (Wildman–Crippen MR) is 90.2 cm³/mol. The first-order valence-corrected chi connectivity index (χ1v) is 9.16. The molecule has 9 heteroatoms. The Labute approximate surface area is 155 Å². The maximum Gasteiger partial charge on any atom is 0.449 e. The van der Waals surface area contributed by atoms with Crippen LogP contribution in [0.15, 0.2) is 0 Å². The highest BCUT2D eigenvalue weighted by Gasteiger charge is 2.43. The molecule has 0 bridgehead atoms. The number of fused-ring (bicyclic) bond motifs is 1. The Kier molecular flexibility index (Phi) is 4.98. The van der Waals surface area contributed by atoms with Gasteiger partial charge in [0.1, 0.15) is 11.3 Å². The molecule has 1 fully saturated rings. The molecule has 27 heavy (non-hydrogen) atoms. The van der Waals surface area contributed by atoms with Crippen molar-refractivity contribution in [3.8, 4) is 0 Å². The van der Waals surface area contributed by atoms with Crippen LogP contribution in [-0.2, 0) is 24.0 Å². The van der Waals surface area contributed by atoms with Gasteiger partial charge in [0, 0.05) is 19.0 Å². The molecule has 2 aliphatic rings. The average molecular weight is 387 g/mol. The smallest absolute Gasteiger partial charge is 0.444 e.